The molecule has 6 heteroatoms. The lowest BCUT2D eigenvalue weighted by Crippen LogP contribution is -2.35. The van der Waals surface area contributed by atoms with Gasteiger partial charge in [-0.15, -0.1) is 0 Å². The summed E-state index contributed by atoms with van der Waals surface area (Å²) in [6.45, 7) is 11.3. The number of likely N-dealkylation sites (N-methyl/N-ethyl adjacent to an activating group) is 1. The molecule has 0 aliphatic carbocycles. The van der Waals surface area contributed by atoms with Crippen LogP contribution in [0.4, 0.5) is 4.79 Å². The SMILES string of the molecule is Cc1ccc(OC(=O)NCCN(C)CCCCCCSSC(C)(C)C)cc1. The molecule has 4 nitrogen and oxygen atoms in total. The molecule has 154 valence electrons. The summed E-state index contributed by atoms with van der Waals surface area (Å²) >= 11 is 0. The summed E-state index contributed by atoms with van der Waals surface area (Å²) in [6, 6.07) is 7.47. The molecule has 1 aromatic rings. The minimum Gasteiger partial charge on any atom is -0.410 e. The Bertz CT molecular complexity index is 530. The second-order valence-electron chi connectivity index (χ2n) is 7.86. The standard InChI is InChI=1S/C21H36N2O2S2/c1-18-10-12-19(13-11-18)25-20(24)22-14-16-23(5)15-8-6-7-9-17-26-27-21(2,3)4/h10-13H,6-9,14-17H2,1-5H3,(H,22,24). The Kier molecular flexibility index (Phi) is 12.0. The number of aryl methyl sites for hydroxylation is 1. The first-order valence-corrected chi connectivity index (χ1v) is 12.1. The van der Waals surface area contributed by atoms with Crippen LogP contribution in [0.25, 0.3) is 0 Å². The summed E-state index contributed by atoms with van der Waals surface area (Å²) in [4.78, 5) is 14.0. The van der Waals surface area contributed by atoms with Crippen LogP contribution in [0.2, 0.25) is 0 Å². The summed E-state index contributed by atoms with van der Waals surface area (Å²) in [5.74, 6) is 1.82. The van der Waals surface area contributed by atoms with Crippen molar-refractivity contribution in [3.05, 3.63) is 29.8 Å². The molecule has 1 amide bonds. The zero-order valence-corrected chi connectivity index (χ0v) is 19.2. The molecular weight excluding hydrogens is 376 g/mol. The van der Waals surface area contributed by atoms with Crippen LogP contribution in [0.15, 0.2) is 24.3 Å². The molecule has 0 radical (unpaired) electrons. The van der Waals surface area contributed by atoms with Crippen LogP contribution in [0, 0.1) is 6.92 Å². The Labute approximate surface area is 173 Å². The van der Waals surface area contributed by atoms with Gasteiger partial charge in [-0.25, -0.2) is 4.79 Å². The molecule has 1 rings (SSSR count). The number of carbonyl (C=O) groups excluding carboxylic acids is 1. The Morgan fingerprint density at radius 1 is 1.07 bits per heavy atom. The van der Waals surface area contributed by atoms with Gasteiger partial charge >= 0.3 is 6.09 Å². The maximum Gasteiger partial charge on any atom is 0.412 e. The number of amides is 1. The highest BCUT2D eigenvalue weighted by atomic mass is 33.1. The van der Waals surface area contributed by atoms with E-state index in [-0.39, 0.29) is 0 Å². The Morgan fingerprint density at radius 2 is 1.74 bits per heavy atom. The number of nitrogens with one attached hydrogen (secondary N) is 1. The van der Waals surface area contributed by atoms with Gasteiger partial charge < -0.3 is 15.0 Å². The fourth-order valence-electron chi connectivity index (χ4n) is 2.32. The van der Waals surface area contributed by atoms with E-state index in [2.05, 4.69) is 38.0 Å². The average Bonchev–Trinajstić information content (AvgIpc) is 2.58. The van der Waals surface area contributed by atoms with Crippen LogP contribution in [0.1, 0.15) is 52.0 Å². The monoisotopic (exact) mass is 412 g/mol. The predicted octanol–water partition coefficient (Wildman–Crippen LogP) is 5.76. The number of unbranched alkanes of at least 4 members (excludes halogenated alkanes) is 3. The second-order valence-corrected chi connectivity index (χ2v) is 11.1. The van der Waals surface area contributed by atoms with Gasteiger partial charge in [0.15, 0.2) is 0 Å². The fraction of sp³-hybridized carbons (Fsp3) is 0.667. The lowest BCUT2D eigenvalue weighted by Gasteiger charge is -2.17. The minimum atomic E-state index is -0.391. The van der Waals surface area contributed by atoms with Crippen LogP contribution in [0.5, 0.6) is 5.75 Å². The quantitative estimate of drug-likeness (QED) is 0.349. The van der Waals surface area contributed by atoms with Crippen molar-refractivity contribution in [2.75, 3.05) is 32.4 Å². The molecule has 0 unspecified atom stereocenters. The van der Waals surface area contributed by atoms with Gasteiger partial charge in [0, 0.05) is 23.6 Å². The van der Waals surface area contributed by atoms with Gasteiger partial charge in [0.25, 0.3) is 0 Å². The van der Waals surface area contributed by atoms with Crippen LogP contribution < -0.4 is 10.1 Å². The van der Waals surface area contributed by atoms with Crippen molar-refractivity contribution >= 4 is 27.7 Å². The zero-order valence-electron chi connectivity index (χ0n) is 17.5. The van der Waals surface area contributed by atoms with Crippen LogP contribution in [0.3, 0.4) is 0 Å². The molecule has 0 fully saturated rings. The van der Waals surface area contributed by atoms with Crippen molar-refractivity contribution in [1.29, 1.82) is 0 Å². The number of benzene rings is 1. The normalized spacial score (nSPS) is 11.6. The molecule has 0 aliphatic rings. The Balaban J connectivity index is 1.97. The van der Waals surface area contributed by atoms with Gasteiger partial charge in [0.2, 0.25) is 0 Å². The first kappa shape index (κ1) is 24.2. The van der Waals surface area contributed by atoms with E-state index in [4.69, 9.17) is 4.74 Å². The third-order valence-corrected chi connectivity index (χ3v) is 7.25. The summed E-state index contributed by atoms with van der Waals surface area (Å²) < 4.78 is 5.60. The van der Waals surface area contributed by atoms with E-state index in [0.29, 0.717) is 17.0 Å². The van der Waals surface area contributed by atoms with E-state index in [1.54, 1.807) is 12.1 Å². The molecule has 0 saturated heterocycles. The van der Waals surface area contributed by atoms with Gasteiger partial charge in [-0.1, -0.05) is 72.9 Å². The van der Waals surface area contributed by atoms with Crippen molar-refractivity contribution in [2.24, 2.45) is 0 Å². The van der Waals surface area contributed by atoms with E-state index >= 15 is 0 Å². The fourth-order valence-corrected chi connectivity index (χ4v) is 4.75. The molecule has 27 heavy (non-hydrogen) atoms. The smallest absolute Gasteiger partial charge is 0.410 e. The van der Waals surface area contributed by atoms with Crippen molar-refractivity contribution in [3.8, 4) is 5.75 Å². The van der Waals surface area contributed by atoms with Gasteiger partial charge in [-0.05, 0) is 45.5 Å². The van der Waals surface area contributed by atoms with Crippen molar-refractivity contribution in [3.63, 3.8) is 0 Å². The van der Waals surface area contributed by atoms with Crippen LogP contribution in [-0.2, 0) is 0 Å². The van der Waals surface area contributed by atoms with E-state index in [1.807, 2.05) is 40.6 Å². The number of hydrogen-bond acceptors (Lipinski definition) is 5. The lowest BCUT2D eigenvalue weighted by atomic mass is 10.2. The number of rotatable bonds is 12. The van der Waals surface area contributed by atoms with Gasteiger partial charge in [0.1, 0.15) is 5.75 Å². The largest absolute Gasteiger partial charge is 0.412 e. The second kappa shape index (κ2) is 13.3. The van der Waals surface area contributed by atoms with E-state index in [0.717, 1.165) is 18.7 Å². The summed E-state index contributed by atoms with van der Waals surface area (Å²) in [5, 5.41) is 2.81. The zero-order chi connectivity index (χ0) is 20.1. The maximum atomic E-state index is 11.8. The van der Waals surface area contributed by atoms with E-state index < -0.39 is 6.09 Å². The summed E-state index contributed by atoms with van der Waals surface area (Å²) in [7, 11) is 6.07. The molecule has 0 aliphatic heterocycles. The van der Waals surface area contributed by atoms with Crippen LogP contribution >= 0.6 is 21.6 Å². The average molecular weight is 413 g/mol. The maximum absolute atomic E-state index is 11.8. The Hall–Kier alpha value is -0.850. The van der Waals surface area contributed by atoms with Crippen molar-refractivity contribution in [1.82, 2.24) is 10.2 Å². The number of ether oxygens (including phenoxy) is 1. The third kappa shape index (κ3) is 13.9. The van der Waals surface area contributed by atoms with Crippen molar-refractivity contribution in [2.45, 2.75) is 58.1 Å². The highest BCUT2D eigenvalue weighted by molar-refractivity contribution is 8.77. The minimum absolute atomic E-state index is 0.355. The number of hydrogen-bond donors (Lipinski definition) is 1. The molecule has 0 saturated carbocycles. The molecule has 0 heterocycles. The van der Waals surface area contributed by atoms with E-state index in [1.165, 1.54) is 31.4 Å². The van der Waals surface area contributed by atoms with Gasteiger partial charge in [-0.2, -0.15) is 0 Å². The molecule has 0 aromatic heterocycles. The number of carbonyl (C=O) groups is 1. The first-order chi connectivity index (χ1) is 12.8. The van der Waals surface area contributed by atoms with Gasteiger partial charge in [0.05, 0.1) is 0 Å². The van der Waals surface area contributed by atoms with E-state index in [9.17, 15) is 4.79 Å². The predicted molar refractivity (Wildman–Crippen MR) is 121 cm³/mol. The van der Waals surface area contributed by atoms with Crippen molar-refractivity contribution < 1.29 is 9.53 Å². The highest BCUT2D eigenvalue weighted by Crippen LogP contribution is 2.35. The molecule has 0 bridgehead atoms. The summed E-state index contributed by atoms with van der Waals surface area (Å²) in [5.41, 5.74) is 1.15. The van der Waals surface area contributed by atoms with Crippen LogP contribution in [-0.4, -0.2) is 48.2 Å². The van der Waals surface area contributed by atoms with Gasteiger partial charge in [-0.3, -0.25) is 0 Å². The number of nitrogens with zero attached hydrogens (tertiary/aromatic N) is 1. The topological polar surface area (TPSA) is 41.6 Å². The first-order valence-electron chi connectivity index (χ1n) is 9.78. The molecule has 1 aromatic carbocycles. The molecule has 0 atom stereocenters. The Morgan fingerprint density at radius 3 is 2.41 bits per heavy atom. The molecule has 0 spiro atoms. The highest BCUT2D eigenvalue weighted by Gasteiger charge is 2.10. The molecular formula is C21H36N2O2S2. The molecule has 1 N–H and O–H groups in total. The summed E-state index contributed by atoms with van der Waals surface area (Å²) in [6.07, 6.45) is 4.68. The lowest BCUT2D eigenvalue weighted by molar-refractivity contribution is 0.198. The third-order valence-electron chi connectivity index (χ3n) is 3.82.